The highest BCUT2D eigenvalue weighted by atomic mass is 31.2. The molecule has 0 radical (unpaired) electrons. The van der Waals surface area contributed by atoms with E-state index in [4.69, 9.17) is 4.52 Å². The van der Waals surface area contributed by atoms with E-state index < -0.39 is 47.5 Å². The average molecular weight is 529 g/mol. The van der Waals surface area contributed by atoms with Gasteiger partial charge in [-0.2, -0.15) is 0 Å². The molecule has 3 fully saturated rings. The van der Waals surface area contributed by atoms with Crippen LogP contribution in [-0.4, -0.2) is 53.8 Å². The molecule has 0 saturated heterocycles. The van der Waals surface area contributed by atoms with Gasteiger partial charge in [-0.05, 0) is 114 Å². The van der Waals surface area contributed by atoms with Gasteiger partial charge in [-0.3, -0.25) is 9.32 Å². The number of rotatable bonds is 7. The lowest BCUT2D eigenvalue weighted by Gasteiger charge is -2.60. The van der Waals surface area contributed by atoms with Crippen LogP contribution in [-0.2, 0) is 13.9 Å². The maximum Gasteiger partial charge on any atom is 0.469 e. The molecular formula is C27H45O8P. The summed E-state index contributed by atoms with van der Waals surface area (Å²) in [4.78, 5) is 32.0. The number of carbonyl (C=O) groups excluding carboxylic acids is 1. The number of carbonyl (C=O) groups is 1. The van der Waals surface area contributed by atoms with Gasteiger partial charge in [0.1, 0.15) is 0 Å². The third-order valence-electron chi connectivity index (χ3n) is 10.6. The molecule has 0 aromatic rings. The van der Waals surface area contributed by atoms with E-state index >= 15 is 0 Å². The van der Waals surface area contributed by atoms with Crippen LogP contribution in [0.1, 0.15) is 98.8 Å². The van der Waals surface area contributed by atoms with Gasteiger partial charge >= 0.3 is 7.82 Å². The van der Waals surface area contributed by atoms with Gasteiger partial charge in [0.05, 0.1) is 22.9 Å². The molecule has 206 valence electrons. The summed E-state index contributed by atoms with van der Waals surface area (Å²) >= 11 is 0. The summed E-state index contributed by atoms with van der Waals surface area (Å²) < 4.78 is 16.4. The molecule has 0 aromatic heterocycles. The summed E-state index contributed by atoms with van der Waals surface area (Å²) in [6.07, 6.45) is 6.80. The molecular weight excluding hydrogens is 483 g/mol. The normalized spacial score (nSPS) is 42.7. The Labute approximate surface area is 214 Å². The minimum absolute atomic E-state index is 0.00756. The largest absolute Gasteiger partial charge is 0.469 e. The number of allylic oxidation sites excluding steroid dienone is 1. The second-order valence-electron chi connectivity index (χ2n) is 13.5. The van der Waals surface area contributed by atoms with E-state index in [1.54, 1.807) is 19.9 Å². The van der Waals surface area contributed by atoms with E-state index in [-0.39, 0.29) is 24.0 Å². The minimum Gasteiger partial charge on any atom is -0.390 e. The van der Waals surface area contributed by atoms with E-state index in [0.29, 0.717) is 44.9 Å². The van der Waals surface area contributed by atoms with Crippen LogP contribution in [0.2, 0.25) is 0 Å². The summed E-state index contributed by atoms with van der Waals surface area (Å²) in [5, 5.41) is 34.0. The van der Waals surface area contributed by atoms with Crippen molar-refractivity contribution in [2.75, 3.05) is 0 Å². The molecule has 0 amide bonds. The van der Waals surface area contributed by atoms with Crippen molar-refractivity contribution >= 4 is 13.6 Å². The van der Waals surface area contributed by atoms with Crippen molar-refractivity contribution in [2.24, 2.45) is 28.6 Å². The van der Waals surface area contributed by atoms with Crippen molar-refractivity contribution in [1.29, 1.82) is 0 Å². The van der Waals surface area contributed by atoms with Crippen LogP contribution >= 0.6 is 7.82 Å². The average Bonchev–Trinajstić information content (AvgIpc) is 2.99. The zero-order chi connectivity index (χ0) is 26.9. The van der Waals surface area contributed by atoms with E-state index in [0.717, 1.165) is 18.4 Å². The molecule has 8 atom stereocenters. The monoisotopic (exact) mass is 528 g/mol. The Morgan fingerprint density at radius 3 is 2.31 bits per heavy atom. The SMILES string of the molecule is CC(C)(O)CCC[C@](C)(O)[C@H]1CC[C@@]2(O)C3=CC(=O)[C@@H]4C[C@@H](OP(=O)(O)O)CC[C@]4(C)[C@H]3CC[C@]12C. The van der Waals surface area contributed by atoms with Crippen LogP contribution in [0.25, 0.3) is 0 Å². The molecule has 0 unspecified atom stereocenters. The Kier molecular flexibility index (Phi) is 7.08. The Morgan fingerprint density at radius 1 is 1.03 bits per heavy atom. The fourth-order valence-corrected chi connectivity index (χ4v) is 9.22. The molecule has 4 aliphatic carbocycles. The lowest BCUT2D eigenvalue weighted by molar-refractivity contribution is -0.150. The van der Waals surface area contributed by atoms with Gasteiger partial charge < -0.3 is 25.1 Å². The van der Waals surface area contributed by atoms with Crippen LogP contribution in [0.3, 0.4) is 0 Å². The van der Waals surface area contributed by atoms with Crippen molar-refractivity contribution < 1.29 is 39.0 Å². The third-order valence-corrected chi connectivity index (χ3v) is 11.1. The quantitative estimate of drug-likeness (QED) is 0.312. The van der Waals surface area contributed by atoms with Gasteiger partial charge in [0, 0.05) is 11.3 Å². The van der Waals surface area contributed by atoms with Crippen LogP contribution in [0.5, 0.6) is 0 Å². The topological polar surface area (TPSA) is 145 Å². The summed E-state index contributed by atoms with van der Waals surface area (Å²) in [5.41, 5.74) is -3.14. The van der Waals surface area contributed by atoms with Gasteiger partial charge in [0.15, 0.2) is 5.78 Å². The van der Waals surface area contributed by atoms with Crippen LogP contribution in [0.15, 0.2) is 11.6 Å². The Morgan fingerprint density at radius 2 is 1.69 bits per heavy atom. The Hall–Kier alpha value is -0.600. The van der Waals surface area contributed by atoms with Crippen LogP contribution in [0, 0.1) is 28.6 Å². The first kappa shape index (κ1) is 28.4. The van der Waals surface area contributed by atoms with Crippen molar-refractivity contribution in [2.45, 2.75) is 122 Å². The summed E-state index contributed by atoms with van der Waals surface area (Å²) in [7, 11) is -4.63. The molecule has 4 rings (SSSR count). The first-order valence-corrected chi connectivity index (χ1v) is 15.0. The van der Waals surface area contributed by atoms with E-state index in [9.17, 15) is 34.5 Å². The second-order valence-corrected chi connectivity index (χ2v) is 14.7. The first-order valence-electron chi connectivity index (χ1n) is 13.5. The zero-order valence-corrected chi connectivity index (χ0v) is 23.3. The lowest BCUT2D eigenvalue weighted by atomic mass is 9.46. The van der Waals surface area contributed by atoms with Crippen molar-refractivity contribution in [3.8, 4) is 0 Å². The number of hydrogen-bond donors (Lipinski definition) is 5. The molecule has 9 heteroatoms. The van der Waals surface area contributed by atoms with Crippen LogP contribution < -0.4 is 0 Å². The maximum absolute atomic E-state index is 13.4. The molecule has 0 aromatic carbocycles. The minimum atomic E-state index is -4.63. The van der Waals surface area contributed by atoms with E-state index in [2.05, 4.69) is 13.8 Å². The van der Waals surface area contributed by atoms with Gasteiger partial charge in [-0.25, -0.2) is 4.57 Å². The molecule has 0 heterocycles. The van der Waals surface area contributed by atoms with Crippen molar-refractivity contribution in [3.05, 3.63) is 11.6 Å². The Balaban J connectivity index is 1.59. The van der Waals surface area contributed by atoms with E-state index in [1.165, 1.54) is 0 Å². The second kappa shape index (κ2) is 8.97. The van der Waals surface area contributed by atoms with Crippen molar-refractivity contribution in [1.82, 2.24) is 0 Å². The fraction of sp³-hybridized carbons (Fsp3) is 0.889. The summed E-state index contributed by atoms with van der Waals surface area (Å²) in [6.45, 7) is 9.54. The first-order chi connectivity index (χ1) is 16.3. The Bertz CT molecular complexity index is 963. The highest BCUT2D eigenvalue weighted by Crippen LogP contribution is 2.68. The van der Waals surface area contributed by atoms with Crippen molar-refractivity contribution in [3.63, 3.8) is 0 Å². The number of hydrogen-bond acceptors (Lipinski definition) is 6. The number of phosphoric acid groups is 1. The predicted octanol–water partition coefficient (Wildman–Crippen LogP) is 4.03. The molecule has 0 spiro atoms. The number of fused-ring (bicyclic) bond motifs is 5. The summed E-state index contributed by atoms with van der Waals surface area (Å²) in [5.74, 6) is -0.618. The van der Waals surface area contributed by atoms with Gasteiger partial charge in [0.25, 0.3) is 0 Å². The third kappa shape index (κ3) is 4.81. The molecule has 36 heavy (non-hydrogen) atoms. The highest BCUT2D eigenvalue weighted by molar-refractivity contribution is 7.46. The zero-order valence-electron chi connectivity index (χ0n) is 22.4. The molecule has 8 nitrogen and oxygen atoms in total. The molecule has 0 aliphatic heterocycles. The van der Waals surface area contributed by atoms with Gasteiger partial charge in [0.2, 0.25) is 0 Å². The number of phosphoric ester groups is 1. The fourth-order valence-electron chi connectivity index (χ4n) is 8.64. The van der Waals surface area contributed by atoms with Gasteiger partial charge in [-0.1, -0.05) is 13.8 Å². The smallest absolute Gasteiger partial charge is 0.390 e. The molecule has 4 aliphatic rings. The van der Waals surface area contributed by atoms with E-state index in [1.807, 2.05) is 6.92 Å². The number of aliphatic hydroxyl groups is 3. The number of ketones is 1. The molecule has 3 saturated carbocycles. The summed E-state index contributed by atoms with van der Waals surface area (Å²) in [6, 6.07) is 0. The standard InChI is InChI=1S/C27H45O8P/c1-23(2,29)10-6-11-26(5,30)22-9-14-27(31)19-16-21(28)20-15-17(35-36(32,33)34)7-12-24(20,3)18(19)8-13-25(22,27)4/h16-18,20,22,29-31H,6-15H2,1-5H3,(H2,32,33,34)/t17-,18-,20-,22-,24+,25+,26-,27+/m0/s1. The molecule has 0 bridgehead atoms. The van der Waals surface area contributed by atoms with Gasteiger partial charge in [-0.15, -0.1) is 0 Å². The van der Waals surface area contributed by atoms with Crippen LogP contribution in [0.4, 0.5) is 0 Å². The predicted molar refractivity (Wildman–Crippen MR) is 135 cm³/mol. The highest BCUT2D eigenvalue weighted by Gasteiger charge is 2.68. The maximum atomic E-state index is 13.4. The lowest BCUT2D eigenvalue weighted by Crippen LogP contribution is -2.60. The molecule has 5 N–H and O–H groups in total.